The van der Waals surface area contributed by atoms with Gasteiger partial charge in [0.15, 0.2) is 0 Å². The smallest absolute Gasteiger partial charge is 0.339 e. The maximum Gasteiger partial charge on any atom is 0.339 e. The predicted molar refractivity (Wildman–Crippen MR) is 140 cm³/mol. The Morgan fingerprint density at radius 2 is 0.825 bits per heavy atom. The van der Waals surface area contributed by atoms with E-state index in [1.54, 1.807) is 0 Å². The summed E-state index contributed by atoms with van der Waals surface area (Å²) in [6, 6.07) is 7.84. The number of benzene rings is 3. The zero-order valence-electron chi connectivity index (χ0n) is 22.3. The zero-order chi connectivity index (χ0) is 29.4. The lowest BCUT2D eigenvalue weighted by atomic mass is 10.1. The Morgan fingerprint density at radius 3 is 1.05 bits per heavy atom. The molecule has 40 heavy (non-hydrogen) atoms. The first-order chi connectivity index (χ1) is 19.1. The summed E-state index contributed by atoms with van der Waals surface area (Å²) in [6.07, 6.45) is 0. The molecule has 0 aliphatic carbocycles. The highest BCUT2D eigenvalue weighted by Gasteiger charge is 2.23. The molecule has 0 saturated heterocycles. The van der Waals surface area contributed by atoms with Crippen molar-refractivity contribution in [3.05, 3.63) is 69.8 Å². The quantitative estimate of drug-likeness (QED) is 0.216. The van der Waals surface area contributed by atoms with Gasteiger partial charge in [-0.05, 0) is 36.4 Å². The molecule has 0 radical (unpaired) electrons. The fraction of sp³-hybridized carbons (Fsp3) is 0.286. The van der Waals surface area contributed by atoms with Gasteiger partial charge in [-0.1, -0.05) is 0 Å². The lowest BCUT2D eigenvalue weighted by molar-refractivity contribution is 0.0676. The number of hydrogen-bond donors (Lipinski definition) is 4. The van der Waals surface area contributed by atoms with Gasteiger partial charge in [-0.2, -0.15) is 0 Å². The van der Waals surface area contributed by atoms with Gasteiger partial charge in [0.2, 0.25) is 0 Å². The fourth-order valence-electron chi connectivity index (χ4n) is 3.95. The van der Waals surface area contributed by atoms with Crippen LogP contribution in [0.5, 0.6) is 34.5 Å². The number of phenols is 2. The van der Waals surface area contributed by atoms with E-state index in [4.69, 9.17) is 28.4 Å². The number of phenolic OH excluding ortho intramolecular Hbond substituents is 2. The fourth-order valence-corrected chi connectivity index (χ4v) is 3.95. The van der Waals surface area contributed by atoms with E-state index in [2.05, 4.69) is 0 Å². The van der Waals surface area contributed by atoms with Crippen molar-refractivity contribution >= 4 is 11.9 Å². The summed E-state index contributed by atoms with van der Waals surface area (Å²) in [5, 5.41) is 40.8. The predicted octanol–water partition coefficient (Wildman–Crippen LogP) is 4.66. The van der Waals surface area contributed by atoms with Gasteiger partial charge in [-0.25, -0.2) is 9.59 Å². The number of methoxy groups -OCH3 is 4. The number of carbonyl (C=O) groups is 2. The van der Waals surface area contributed by atoms with E-state index in [-0.39, 0.29) is 72.1 Å². The van der Waals surface area contributed by atoms with Gasteiger partial charge in [0, 0.05) is 50.7 Å². The van der Waals surface area contributed by atoms with Crippen LogP contribution in [0.15, 0.2) is 36.4 Å². The third-order valence-electron chi connectivity index (χ3n) is 5.68. The Morgan fingerprint density at radius 1 is 0.550 bits per heavy atom. The monoisotopic (exact) mass is 558 g/mol. The first kappa shape index (κ1) is 30.2. The van der Waals surface area contributed by atoms with E-state index < -0.39 is 11.9 Å². The second kappa shape index (κ2) is 13.6. The highest BCUT2D eigenvalue weighted by Crippen LogP contribution is 2.39. The molecule has 0 bridgehead atoms. The van der Waals surface area contributed by atoms with E-state index in [1.807, 2.05) is 0 Å². The Bertz CT molecular complexity index is 1220. The molecular weight excluding hydrogens is 528 g/mol. The lowest BCUT2D eigenvalue weighted by Gasteiger charge is -2.17. The van der Waals surface area contributed by atoms with Crippen molar-refractivity contribution in [1.29, 1.82) is 0 Å². The first-order valence-corrected chi connectivity index (χ1v) is 11.8. The number of aromatic carboxylic acids is 2. The van der Waals surface area contributed by atoms with Crippen molar-refractivity contribution in [2.45, 2.75) is 26.4 Å². The lowest BCUT2D eigenvalue weighted by Crippen LogP contribution is -2.07. The Kier molecular flexibility index (Phi) is 10.3. The van der Waals surface area contributed by atoms with Crippen LogP contribution in [0.1, 0.15) is 43.0 Å². The van der Waals surface area contributed by atoms with Gasteiger partial charge in [-0.15, -0.1) is 0 Å². The number of rotatable bonds is 14. The van der Waals surface area contributed by atoms with E-state index in [0.29, 0.717) is 22.3 Å². The summed E-state index contributed by atoms with van der Waals surface area (Å²) in [5.74, 6) is -3.27. The third-order valence-corrected chi connectivity index (χ3v) is 5.68. The molecule has 4 N–H and O–H groups in total. The molecule has 0 fully saturated rings. The van der Waals surface area contributed by atoms with E-state index in [1.165, 1.54) is 52.7 Å². The van der Waals surface area contributed by atoms with Crippen LogP contribution in [0.25, 0.3) is 0 Å². The number of ether oxygens (including phenoxy) is 6. The average molecular weight is 559 g/mol. The van der Waals surface area contributed by atoms with Crippen LogP contribution >= 0.6 is 0 Å². The molecule has 3 aromatic carbocycles. The summed E-state index contributed by atoms with van der Waals surface area (Å²) < 4.78 is 32.1. The molecule has 0 heterocycles. The highest BCUT2D eigenvalue weighted by atomic mass is 16.5. The van der Waals surface area contributed by atoms with Gasteiger partial charge in [-0.3, -0.25) is 0 Å². The molecule has 3 rings (SSSR count). The van der Waals surface area contributed by atoms with Gasteiger partial charge in [0.25, 0.3) is 0 Å². The molecule has 0 aromatic heterocycles. The molecule has 12 nitrogen and oxygen atoms in total. The largest absolute Gasteiger partial charge is 0.507 e. The number of carboxylic acid groups (broad SMARTS) is 2. The molecule has 0 saturated carbocycles. The third kappa shape index (κ3) is 6.98. The molecule has 3 aromatic rings. The number of aromatic hydroxyl groups is 2. The van der Waals surface area contributed by atoms with Gasteiger partial charge >= 0.3 is 11.9 Å². The molecule has 0 aliphatic rings. The Balaban J connectivity index is 2.11. The van der Waals surface area contributed by atoms with E-state index in [0.717, 1.165) is 12.1 Å². The molecule has 214 valence electrons. The van der Waals surface area contributed by atoms with Crippen LogP contribution in [0.4, 0.5) is 0 Å². The van der Waals surface area contributed by atoms with Crippen molar-refractivity contribution < 1.29 is 58.4 Å². The summed E-state index contributed by atoms with van der Waals surface area (Å²) in [7, 11) is 5.75. The molecule has 0 atom stereocenters. The number of hydrogen-bond acceptors (Lipinski definition) is 10. The van der Waals surface area contributed by atoms with Gasteiger partial charge < -0.3 is 48.8 Å². The van der Waals surface area contributed by atoms with Crippen LogP contribution < -0.4 is 9.47 Å². The standard InChI is InChI=1S/C28H30O12/c1-35-11-15-5-19(6-16(12-36-2)25(15)29)39-23-9-22(28(33)34)24(10-21(23)27(31)32)40-20-7-17(13-37-3)26(30)18(8-20)14-38-4/h5-10,29-30H,11-14H2,1-4H3,(H,31,32)(H,33,34). The summed E-state index contributed by atoms with van der Waals surface area (Å²) in [6.45, 7) is 0.117. The minimum Gasteiger partial charge on any atom is -0.507 e. The van der Waals surface area contributed by atoms with Crippen molar-refractivity contribution in [2.75, 3.05) is 28.4 Å². The van der Waals surface area contributed by atoms with Crippen LogP contribution in [-0.2, 0) is 45.4 Å². The maximum atomic E-state index is 12.2. The first-order valence-electron chi connectivity index (χ1n) is 11.8. The van der Waals surface area contributed by atoms with E-state index >= 15 is 0 Å². The molecule has 12 heteroatoms. The van der Waals surface area contributed by atoms with Crippen molar-refractivity contribution in [3.63, 3.8) is 0 Å². The maximum absolute atomic E-state index is 12.2. The molecule has 0 spiro atoms. The van der Waals surface area contributed by atoms with Crippen LogP contribution in [0.3, 0.4) is 0 Å². The normalized spacial score (nSPS) is 10.9. The SMILES string of the molecule is COCc1cc(Oc2cc(C(=O)O)c(Oc3cc(COC)c(O)c(COC)c3)cc2C(=O)O)cc(COC)c1O. The topological polar surface area (TPSA) is 170 Å². The van der Waals surface area contributed by atoms with Crippen LogP contribution in [-0.4, -0.2) is 60.8 Å². The average Bonchev–Trinajstić information content (AvgIpc) is 2.90. The minimum atomic E-state index is -1.41. The molecular formula is C28H30O12. The zero-order valence-corrected chi connectivity index (χ0v) is 22.3. The Hall–Kier alpha value is -4.36. The molecule has 0 unspecified atom stereocenters. The Labute approximate surface area is 229 Å². The van der Waals surface area contributed by atoms with Crippen LogP contribution in [0.2, 0.25) is 0 Å². The highest BCUT2D eigenvalue weighted by molar-refractivity contribution is 5.97. The van der Waals surface area contributed by atoms with Crippen molar-refractivity contribution in [1.82, 2.24) is 0 Å². The summed E-state index contributed by atoms with van der Waals surface area (Å²) in [5.41, 5.74) is 0.647. The van der Waals surface area contributed by atoms with Crippen molar-refractivity contribution in [3.8, 4) is 34.5 Å². The van der Waals surface area contributed by atoms with Crippen molar-refractivity contribution in [2.24, 2.45) is 0 Å². The summed E-state index contributed by atoms with van der Waals surface area (Å²) in [4.78, 5) is 24.4. The minimum absolute atomic E-state index is 0.0292. The second-order valence-electron chi connectivity index (χ2n) is 8.57. The van der Waals surface area contributed by atoms with Gasteiger partial charge in [0.05, 0.1) is 26.4 Å². The summed E-state index contributed by atoms with van der Waals surface area (Å²) >= 11 is 0. The number of carboxylic acids is 2. The van der Waals surface area contributed by atoms with Gasteiger partial charge in [0.1, 0.15) is 45.6 Å². The second-order valence-corrected chi connectivity index (χ2v) is 8.57. The van der Waals surface area contributed by atoms with Crippen LogP contribution in [0, 0.1) is 0 Å². The molecule has 0 amide bonds. The molecule has 0 aliphatic heterocycles. The van der Waals surface area contributed by atoms with E-state index in [9.17, 15) is 30.0 Å².